The maximum Gasteiger partial charge on any atom is 0.354 e. The highest BCUT2D eigenvalue weighted by molar-refractivity contribution is 5.87. The van der Waals surface area contributed by atoms with E-state index in [1.165, 1.54) is 18.3 Å². The van der Waals surface area contributed by atoms with Crippen LogP contribution in [0, 0.1) is 6.92 Å². The number of halogens is 2. The van der Waals surface area contributed by atoms with E-state index >= 15 is 0 Å². The molecule has 0 aromatic carbocycles. The molecule has 2 aromatic rings. The van der Waals surface area contributed by atoms with Gasteiger partial charge < -0.3 is 5.11 Å². The standard InChI is InChI=1S/C13H10F2N2O2/c1-7-2-3-16-6-9(7)8-4-10(12(14)15)17-11(5-8)13(18)19/h2-6,12H,1H3,(H,18,19). The van der Waals surface area contributed by atoms with Gasteiger partial charge in [0.2, 0.25) is 0 Å². The first-order valence-electron chi connectivity index (χ1n) is 5.43. The summed E-state index contributed by atoms with van der Waals surface area (Å²) in [7, 11) is 0. The number of nitrogens with zero attached hydrogens (tertiary/aromatic N) is 2. The van der Waals surface area contributed by atoms with Gasteiger partial charge in [0.25, 0.3) is 6.43 Å². The summed E-state index contributed by atoms with van der Waals surface area (Å²) in [6.45, 7) is 1.79. The van der Waals surface area contributed by atoms with Crippen molar-refractivity contribution in [3.8, 4) is 11.1 Å². The molecule has 4 nitrogen and oxygen atoms in total. The Morgan fingerprint density at radius 1 is 1.37 bits per heavy atom. The molecule has 1 N–H and O–H groups in total. The maximum absolute atomic E-state index is 12.7. The summed E-state index contributed by atoms with van der Waals surface area (Å²) in [5.74, 6) is -1.34. The number of carbonyl (C=O) groups is 1. The molecule has 0 saturated heterocycles. The number of aryl methyl sites for hydroxylation is 1. The van der Waals surface area contributed by atoms with Crippen molar-refractivity contribution in [2.24, 2.45) is 0 Å². The molecule has 2 aromatic heterocycles. The van der Waals surface area contributed by atoms with Gasteiger partial charge >= 0.3 is 5.97 Å². The average Bonchev–Trinajstić information content (AvgIpc) is 2.38. The second-order valence-corrected chi connectivity index (χ2v) is 3.96. The van der Waals surface area contributed by atoms with E-state index in [-0.39, 0.29) is 0 Å². The predicted octanol–water partition coefficient (Wildman–Crippen LogP) is 3.09. The number of hydrogen-bond donors (Lipinski definition) is 1. The predicted molar refractivity (Wildman–Crippen MR) is 64.1 cm³/mol. The second-order valence-electron chi connectivity index (χ2n) is 3.96. The molecule has 0 amide bonds. The first kappa shape index (κ1) is 13.1. The lowest BCUT2D eigenvalue weighted by atomic mass is 10.0. The van der Waals surface area contributed by atoms with E-state index in [0.29, 0.717) is 11.1 Å². The lowest BCUT2D eigenvalue weighted by molar-refractivity contribution is 0.0689. The molecule has 0 radical (unpaired) electrons. The molecule has 2 heterocycles. The van der Waals surface area contributed by atoms with Crippen molar-refractivity contribution in [1.82, 2.24) is 9.97 Å². The molecular formula is C13H10F2N2O2. The Balaban J connectivity index is 2.63. The van der Waals surface area contributed by atoms with Crippen LogP contribution in [-0.2, 0) is 0 Å². The van der Waals surface area contributed by atoms with Crippen LogP contribution in [0.2, 0.25) is 0 Å². The third-order valence-electron chi connectivity index (χ3n) is 2.64. The van der Waals surface area contributed by atoms with E-state index in [9.17, 15) is 13.6 Å². The largest absolute Gasteiger partial charge is 0.477 e. The smallest absolute Gasteiger partial charge is 0.354 e. The van der Waals surface area contributed by atoms with Crippen molar-refractivity contribution < 1.29 is 18.7 Å². The molecule has 6 heteroatoms. The summed E-state index contributed by atoms with van der Waals surface area (Å²) < 4.78 is 25.5. The average molecular weight is 264 g/mol. The quantitative estimate of drug-likeness (QED) is 0.925. The minimum atomic E-state index is -2.82. The first-order chi connectivity index (χ1) is 8.99. The highest BCUT2D eigenvalue weighted by Gasteiger charge is 2.16. The fourth-order valence-electron chi connectivity index (χ4n) is 1.69. The number of rotatable bonds is 3. The Labute approximate surface area is 107 Å². The normalized spacial score (nSPS) is 10.7. The van der Waals surface area contributed by atoms with Crippen molar-refractivity contribution in [2.45, 2.75) is 13.3 Å². The highest BCUT2D eigenvalue weighted by atomic mass is 19.3. The van der Waals surface area contributed by atoms with Crippen LogP contribution in [-0.4, -0.2) is 21.0 Å². The van der Waals surface area contributed by atoms with Crippen molar-refractivity contribution in [2.75, 3.05) is 0 Å². The SMILES string of the molecule is Cc1ccncc1-c1cc(C(=O)O)nc(C(F)F)c1. The van der Waals surface area contributed by atoms with Gasteiger partial charge in [0.1, 0.15) is 11.4 Å². The van der Waals surface area contributed by atoms with Crippen molar-refractivity contribution in [3.63, 3.8) is 0 Å². The minimum absolute atomic E-state index is 0.369. The molecule has 0 aliphatic rings. The van der Waals surface area contributed by atoms with Gasteiger partial charge in [-0.1, -0.05) is 0 Å². The molecular weight excluding hydrogens is 254 g/mol. The Kier molecular flexibility index (Phi) is 3.50. The van der Waals surface area contributed by atoms with E-state index < -0.39 is 23.8 Å². The third-order valence-corrected chi connectivity index (χ3v) is 2.64. The Bertz CT molecular complexity index is 630. The van der Waals surface area contributed by atoms with Crippen molar-refractivity contribution in [3.05, 3.63) is 47.5 Å². The number of aromatic carboxylic acids is 1. The lowest BCUT2D eigenvalue weighted by Crippen LogP contribution is -2.04. The number of aromatic nitrogens is 2. The summed E-state index contributed by atoms with van der Waals surface area (Å²) in [5.41, 5.74) is 0.828. The van der Waals surface area contributed by atoms with E-state index in [2.05, 4.69) is 9.97 Å². The summed E-state index contributed by atoms with van der Waals surface area (Å²) in [4.78, 5) is 18.3. The van der Waals surface area contributed by atoms with Gasteiger partial charge in [-0.25, -0.2) is 18.6 Å². The van der Waals surface area contributed by atoms with Crippen LogP contribution < -0.4 is 0 Å². The van der Waals surface area contributed by atoms with Crippen LogP contribution in [0.25, 0.3) is 11.1 Å². The van der Waals surface area contributed by atoms with E-state index in [1.54, 1.807) is 19.2 Å². The number of pyridine rings is 2. The van der Waals surface area contributed by atoms with Gasteiger partial charge in [-0.3, -0.25) is 4.98 Å². The highest BCUT2D eigenvalue weighted by Crippen LogP contribution is 2.27. The number of alkyl halides is 2. The summed E-state index contributed by atoms with van der Waals surface area (Å²) >= 11 is 0. The lowest BCUT2D eigenvalue weighted by Gasteiger charge is -2.08. The van der Waals surface area contributed by atoms with Crippen molar-refractivity contribution >= 4 is 5.97 Å². The van der Waals surface area contributed by atoms with Gasteiger partial charge in [-0.15, -0.1) is 0 Å². The van der Waals surface area contributed by atoms with Gasteiger partial charge in [0, 0.05) is 18.0 Å². The zero-order valence-electron chi connectivity index (χ0n) is 9.97. The van der Waals surface area contributed by atoms with E-state index in [0.717, 1.165) is 5.56 Å². The summed E-state index contributed by atoms with van der Waals surface area (Å²) in [5, 5.41) is 8.91. The van der Waals surface area contributed by atoms with Crippen LogP contribution in [0.1, 0.15) is 28.2 Å². The van der Waals surface area contributed by atoms with Crippen molar-refractivity contribution in [1.29, 1.82) is 0 Å². The summed E-state index contributed by atoms with van der Waals surface area (Å²) in [6.07, 6.45) is 0.257. The Morgan fingerprint density at radius 2 is 2.11 bits per heavy atom. The Hall–Kier alpha value is -2.37. The molecule has 19 heavy (non-hydrogen) atoms. The van der Waals surface area contributed by atoms with Gasteiger partial charge in [0.15, 0.2) is 0 Å². The molecule has 0 fully saturated rings. The fourth-order valence-corrected chi connectivity index (χ4v) is 1.69. The number of hydrogen-bond acceptors (Lipinski definition) is 3. The monoisotopic (exact) mass is 264 g/mol. The van der Waals surface area contributed by atoms with Crippen LogP contribution >= 0.6 is 0 Å². The van der Waals surface area contributed by atoms with Gasteiger partial charge in [-0.2, -0.15) is 0 Å². The molecule has 0 aliphatic heterocycles. The van der Waals surface area contributed by atoms with Crippen LogP contribution in [0.4, 0.5) is 8.78 Å². The minimum Gasteiger partial charge on any atom is -0.477 e. The van der Waals surface area contributed by atoms with Crippen LogP contribution in [0.15, 0.2) is 30.6 Å². The molecule has 0 aliphatic carbocycles. The molecule has 0 bridgehead atoms. The van der Waals surface area contributed by atoms with Crippen LogP contribution in [0.5, 0.6) is 0 Å². The summed E-state index contributed by atoms with van der Waals surface area (Å²) in [6, 6.07) is 4.16. The second kappa shape index (κ2) is 5.09. The molecule has 0 unspecified atom stereocenters. The topological polar surface area (TPSA) is 63.1 Å². The zero-order chi connectivity index (χ0) is 14.0. The third kappa shape index (κ3) is 2.73. The first-order valence-corrected chi connectivity index (χ1v) is 5.43. The fraction of sp³-hybridized carbons (Fsp3) is 0.154. The van der Waals surface area contributed by atoms with Gasteiger partial charge in [-0.05, 0) is 36.2 Å². The van der Waals surface area contributed by atoms with E-state index in [4.69, 9.17) is 5.11 Å². The maximum atomic E-state index is 12.7. The van der Waals surface area contributed by atoms with Gasteiger partial charge in [0.05, 0.1) is 0 Å². The number of carboxylic acid groups (broad SMARTS) is 1. The molecule has 0 spiro atoms. The zero-order valence-corrected chi connectivity index (χ0v) is 9.97. The molecule has 0 atom stereocenters. The molecule has 2 rings (SSSR count). The van der Waals surface area contributed by atoms with Crippen LogP contribution in [0.3, 0.4) is 0 Å². The number of carboxylic acids is 1. The van der Waals surface area contributed by atoms with E-state index in [1.807, 2.05) is 0 Å². The molecule has 0 saturated carbocycles. The molecule has 98 valence electrons. The Morgan fingerprint density at radius 3 is 2.68 bits per heavy atom.